The van der Waals surface area contributed by atoms with E-state index in [9.17, 15) is 0 Å². The molecule has 2 aromatic rings. The first-order valence-corrected chi connectivity index (χ1v) is 7.43. The Kier molecular flexibility index (Phi) is 3.23. The smallest absolute Gasteiger partial charge is 0.162 e. The maximum atomic E-state index is 5.62. The molecular formula is C15H18N4O2. The standard InChI is InChI=1S/C15H18N4O2/c1-2-14-15(21-8-7-20-14)9-11(1)13-10-19(18-17-13)12-3-5-16-6-4-12/h1-2,9-10,12,16H,3-8H2. The average Bonchev–Trinajstić information content (AvgIpc) is 3.05. The fourth-order valence-electron chi connectivity index (χ4n) is 2.86. The number of fused-ring (bicyclic) bond motifs is 1. The van der Waals surface area contributed by atoms with Gasteiger partial charge in [0.2, 0.25) is 0 Å². The van der Waals surface area contributed by atoms with Gasteiger partial charge >= 0.3 is 0 Å². The van der Waals surface area contributed by atoms with Gasteiger partial charge < -0.3 is 14.8 Å². The predicted molar refractivity (Wildman–Crippen MR) is 77.6 cm³/mol. The third kappa shape index (κ3) is 2.47. The number of hydrogen-bond donors (Lipinski definition) is 1. The summed E-state index contributed by atoms with van der Waals surface area (Å²) >= 11 is 0. The molecule has 6 nitrogen and oxygen atoms in total. The first-order chi connectivity index (χ1) is 10.4. The van der Waals surface area contributed by atoms with Crippen LogP contribution in [0.2, 0.25) is 0 Å². The zero-order chi connectivity index (χ0) is 14.1. The summed E-state index contributed by atoms with van der Waals surface area (Å²) in [6.07, 6.45) is 4.23. The van der Waals surface area contributed by atoms with E-state index in [4.69, 9.17) is 9.47 Å². The fourth-order valence-corrected chi connectivity index (χ4v) is 2.86. The van der Waals surface area contributed by atoms with E-state index < -0.39 is 0 Å². The second-order valence-corrected chi connectivity index (χ2v) is 5.42. The molecule has 21 heavy (non-hydrogen) atoms. The maximum Gasteiger partial charge on any atom is 0.162 e. The highest BCUT2D eigenvalue weighted by molar-refractivity contribution is 5.63. The van der Waals surface area contributed by atoms with Gasteiger partial charge in [0.1, 0.15) is 18.9 Å². The Morgan fingerprint density at radius 2 is 1.90 bits per heavy atom. The van der Waals surface area contributed by atoms with E-state index in [2.05, 4.69) is 15.6 Å². The third-order valence-electron chi connectivity index (χ3n) is 4.03. The number of piperidine rings is 1. The predicted octanol–water partition coefficient (Wildman–Crippen LogP) is 1.64. The van der Waals surface area contributed by atoms with E-state index in [-0.39, 0.29) is 0 Å². The highest BCUT2D eigenvalue weighted by Gasteiger charge is 2.18. The zero-order valence-electron chi connectivity index (χ0n) is 11.8. The average molecular weight is 286 g/mol. The molecule has 1 aromatic heterocycles. The number of nitrogens with one attached hydrogen (secondary N) is 1. The molecule has 0 radical (unpaired) electrons. The van der Waals surface area contributed by atoms with Crippen molar-refractivity contribution in [3.8, 4) is 22.8 Å². The van der Waals surface area contributed by atoms with E-state index >= 15 is 0 Å². The lowest BCUT2D eigenvalue weighted by Crippen LogP contribution is -2.29. The van der Waals surface area contributed by atoms with Gasteiger partial charge in [-0.1, -0.05) is 5.21 Å². The van der Waals surface area contributed by atoms with Crippen LogP contribution in [0.4, 0.5) is 0 Å². The fraction of sp³-hybridized carbons (Fsp3) is 0.467. The summed E-state index contributed by atoms with van der Waals surface area (Å²) in [4.78, 5) is 0. The molecule has 3 heterocycles. The topological polar surface area (TPSA) is 61.2 Å². The van der Waals surface area contributed by atoms with Crippen LogP contribution in [0.5, 0.6) is 11.5 Å². The molecule has 0 spiro atoms. The van der Waals surface area contributed by atoms with Gasteiger partial charge in [-0.3, -0.25) is 0 Å². The molecule has 2 aliphatic heterocycles. The molecule has 0 saturated carbocycles. The van der Waals surface area contributed by atoms with Gasteiger partial charge in [0, 0.05) is 5.56 Å². The van der Waals surface area contributed by atoms with E-state index in [1.807, 2.05) is 29.1 Å². The lowest BCUT2D eigenvalue weighted by atomic mass is 10.1. The van der Waals surface area contributed by atoms with E-state index in [0.717, 1.165) is 48.7 Å². The Morgan fingerprint density at radius 1 is 1.10 bits per heavy atom. The molecular weight excluding hydrogens is 268 g/mol. The quantitative estimate of drug-likeness (QED) is 0.909. The van der Waals surface area contributed by atoms with Crippen molar-refractivity contribution < 1.29 is 9.47 Å². The summed E-state index contributed by atoms with van der Waals surface area (Å²) in [7, 11) is 0. The molecule has 0 aliphatic carbocycles. The largest absolute Gasteiger partial charge is 0.486 e. The third-order valence-corrected chi connectivity index (χ3v) is 4.03. The van der Waals surface area contributed by atoms with Crippen molar-refractivity contribution in [1.82, 2.24) is 20.3 Å². The van der Waals surface area contributed by atoms with Gasteiger partial charge in [0.25, 0.3) is 0 Å². The highest BCUT2D eigenvalue weighted by atomic mass is 16.6. The minimum atomic E-state index is 0.449. The Balaban J connectivity index is 1.60. The molecule has 1 aromatic carbocycles. The maximum absolute atomic E-state index is 5.62. The molecule has 0 atom stereocenters. The Bertz CT molecular complexity index is 634. The number of rotatable bonds is 2. The lowest BCUT2D eigenvalue weighted by molar-refractivity contribution is 0.171. The van der Waals surface area contributed by atoms with Crippen molar-refractivity contribution in [3.63, 3.8) is 0 Å². The minimum Gasteiger partial charge on any atom is -0.486 e. The van der Waals surface area contributed by atoms with Crippen LogP contribution >= 0.6 is 0 Å². The van der Waals surface area contributed by atoms with Crippen molar-refractivity contribution >= 4 is 0 Å². The van der Waals surface area contributed by atoms with Gasteiger partial charge in [0.15, 0.2) is 11.5 Å². The highest BCUT2D eigenvalue weighted by Crippen LogP contribution is 2.34. The van der Waals surface area contributed by atoms with Gasteiger partial charge in [-0.25, -0.2) is 4.68 Å². The van der Waals surface area contributed by atoms with Crippen LogP contribution in [0, 0.1) is 0 Å². The lowest BCUT2D eigenvalue weighted by Gasteiger charge is -2.22. The minimum absolute atomic E-state index is 0.449. The molecule has 1 saturated heterocycles. The number of benzene rings is 1. The molecule has 0 unspecified atom stereocenters. The van der Waals surface area contributed by atoms with Gasteiger partial charge in [-0.05, 0) is 44.1 Å². The Labute approximate surface area is 123 Å². The van der Waals surface area contributed by atoms with Crippen LogP contribution in [0.3, 0.4) is 0 Å². The first kappa shape index (κ1) is 12.6. The molecule has 4 rings (SSSR count). The normalized spacial score (nSPS) is 18.7. The second kappa shape index (κ2) is 5.37. The zero-order valence-corrected chi connectivity index (χ0v) is 11.8. The molecule has 6 heteroatoms. The van der Waals surface area contributed by atoms with E-state index in [1.165, 1.54) is 0 Å². The molecule has 110 valence electrons. The van der Waals surface area contributed by atoms with Crippen LogP contribution in [0.25, 0.3) is 11.3 Å². The van der Waals surface area contributed by atoms with E-state index in [0.29, 0.717) is 19.3 Å². The van der Waals surface area contributed by atoms with Crippen LogP contribution in [0.1, 0.15) is 18.9 Å². The van der Waals surface area contributed by atoms with Crippen LogP contribution in [0.15, 0.2) is 24.4 Å². The van der Waals surface area contributed by atoms with Gasteiger partial charge in [-0.15, -0.1) is 5.10 Å². The molecule has 1 fully saturated rings. The number of hydrogen-bond acceptors (Lipinski definition) is 5. The van der Waals surface area contributed by atoms with Crippen molar-refractivity contribution in [3.05, 3.63) is 24.4 Å². The summed E-state index contributed by atoms with van der Waals surface area (Å²) in [5, 5.41) is 12.0. The van der Waals surface area contributed by atoms with Gasteiger partial charge in [-0.2, -0.15) is 0 Å². The second-order valence-electron chi connectivity index (χ2n) is 5.42. The van der Waals surface area contributed by atoms with Crippen LogP contribution < -0.4 is 14.8 Å². The van der Waals surface area contributed by atoms with E-state index in [1.54, 1.807) is 0 Å². The first-order valence-electron chi connectivity index (χ1n) is 7.43. The molecule has 2 aliphatic rings. The number of ether oxygens (including phenoxy) is 2. The SMILES string of the molecule is c1cc2c(cc1-c1cn(C3CCNCC3)nn1)OCCO2. The Morgan fingerprint density at radius 3 is 2.76 bits per heavy atom. The summed E-state index contributed by atoms with van der Waals surface area (Å²) in [5.74, 6) is 1.59. The van der Waals surface area contributed by atoms with Crippen molar-refractivity contribution in [2.75, 3.05) is 26.3 Å². The summed E-state index contributed by atoms with van der Waals surface area (Å²) in [6, 6.07) is 6.37. The van der Waals surface area contributed by atoms with Crippen molar-refractivity contribution in [2.45, 2.75) is 18.9 Å². The van der Waals surface area contributed by atoms with Gasteiger partial charge in [0.05, 0.1) is 12.2 Å². The molecule has 0 bridgehead atoms. The Hall–Kier alpha value is -2.08. The van der Waals surface area contributed by atoms with Crippen LogP contribution in [-0.4, -0.2) is 41.3 Å². The summed E-state index contributed by atoms with van der Waals surface area (Å²) < 4.78 is 13.2. The van der Waals surface area contributed by atoms with Crippen molar-refractivity contribution in [1.29, 1.82) is 0 Å². The number of aromatic nitrogens is 3. The summed E-state index contributed by atoms with van der Waals surface area (Å²) in [5.41, 5.74) is 1.89. The molecule has 1 N–H and O–H groups in total. The van der Waals surface area contributed by atoms with Crippen LogP contribution in [-0.2, 0) is 0 Å². The monoisotopic (exact) mass is 286 g/mol. The summed E-state index contributed by atoms with van der Waals surface area (Å²) in [6.45, 7) is 3.30. The number of nitrogens with zero attached hydrogens (tertiary/aromatic N) is 3. The molecule has 0 amide bonds. The van der Waals surface area contributed by atoms with Crippen molar-refractivity contribution in [2.24, 2.45) is 0 Å².